The fourth-order valence-corrected chi connectivity index (χ4v) is 7.43. The van der Waals surface area contributed by atoms with Crippen LogP contribution in [0.15, 0.2) is 154 Å². The Morgan fingerprint density at radius 2 is 1.00 bits per heavy atom. The highest BCUT2D eigenvalue weighted by Crippen LogP contribution is 2.50. The summed E-state index contributed by atoms with van der Waals surface area (Å²) in [5, 5.41) is 6.54. The molecule has 0 bridgehead atoms. The molecule has 0 spiro atoms. The van der Waals surface area contributed by atoms with Crippen molar-refractivity contribution in [1.82, 2.24) is 15.0 Å². The lowest BCUT2D eigenvalue weighted by molar-refractivity contribution is 0.668. The highest BCUT2D eigenvalue weighted by molar-refractivity contribution is 6.13. The summed E-state index contributed by atoms with van der Waals surface area (Å²) >= 11 is 0. The molecule has 6 heteroatoms. The molecule has 3 aromatic heterocycles. The molecule has 0 atom stereocenters. The molecule has 49 heavy (non-hydrogen) atoms. The molecule has 0 amide bonds. The summed E-state index contributed by atoms with van der Waals surface area (Å²) in [7, 11) is 0. The van der Waals surface area contributed by atoms with Crippen LogP contribution in [-0.2, 0) is 0 Å². The van der Waals surface area contributed by atoms with Gasteiger partial charge in [0.2, 0.25) is 5.95 Å². The Labute approximate surface area is 279 Å². The minimum Gasteiger partial charge on any atom is -0.456 e. The first-order valence-corrected chi connectivity index (χ1v) is 16.3. The van der Waals surface area contributed by atoms with Gasteiger partial charge in [-0.1, -0.05) is 91.0 Å². The van der Waals surface area contributed by atoms with E-state index in [1.165, 1.54) is 10.9 Å². The molecule has 0 radical (unpaired) electrons. The third kappa shape index (κ3) is 3.85. The number of hydrogen-bond acceptors (Lipinski definition) is 6. The highest BCUT2D eigenvalue weighted by Gasteiger charge is 2.28. The van der Waals surface area contributed by atoms with E-state index >= 15 is 0 Å². The average molecular weight is 629 g/mol. The fraction of sp³-hybridized carbons (Fsp3) is 0. The van der Waals surface area contributed by atoms with E-state index in [9.17, 15) is 0 Å². The normalized spacial score (nSPS) is 12.4. The number of rotatable bonds is 3. The third-order valence-corrected chi connectivity index (χ3v) is 9.65. The zero-order chi connectivity index (χ0) is 32.1. The van der Waals surface area contributed by atoms with Gasteiger partial charge in [0.1, 0.15) is 22.3 Å². The number of furan rings is 2. The topological polar surface area (TPSA) is 68.2 Å². The Morgan fingerprint density at radius 1 is 0.408 bits per heavy atom. The zero-order valence-corrected chi connectivity index (χ0v) is 26.0. The smallest absolute Gasteiger partial charge is 0.238 e. The van der Waals surface area contributed by atoms with Gasteiger partial charge in [-0.2, -0.15) is 9.97 Å². The Hall–Kier alpha value is -6.79. The van der Waals surface area contributed by atoms with Crippen LogP contribution in [0.25, 0.3) is 88.6 Å². The van der Waals surface area contributed by atoms with Crippen molar-refractivity contribution in [1.29, 1.82) is 0 Å². The van der Waals surface area contributed by atoms with Gasteiger partial charge in [0.05, 0.1) is 11.4 Å². The number of fused-ring (bicyclic) bond motifs is 8. The molecule has 1 aliphatic heterocycles. The van der Waals surface area contributed by atoms with Crippen molar-refractivity contribution < 1.29 is 8.83 Å². The van der Waals surface area contributed by atoms with Crippen LogP contribution < -0.4 is 4.90 Å². The molecule has 10 aromatic rings. The molecular formula is C43H24N4O2. The molecule has 0 fully saturated rings. The summed E-state index contributed by atoms with van der Waals surface area (Å²) in [5.41, 5.74) is 9.39. The largest absolute Gasteiger partial charge is 0.456 e. The van der Waals surface area contributed by atoms with E-state index in [0.717, 1.165) is 77.3 Å². The lowest BCUT2D eigenvalue weighted by atomic mass is 9.91. The summed E-state index contributed by atoms with van der Waals surface area (Å²) in [6.45, 7) is 0. The van der Waals surface area contributed by atoms with E-state index in [1.54, 1.807) is 0 Å². The highest BCUT2D eigenvalue weighted by atomic mass is 16.3. The Morgan fingerprint density at radius 3 is 1.84 bits per heavy atom. The van der Waals surface area contributed by atoms with Crippen LogP contribution in [0.1, 0.15) is 0 Å². The molecule has 0 saturated heterocycles. The van der Waals surface area contributed by atoms with Gasteiger partial charge in [0, 0.05) is 43.6 Å². The first-order chi connectivity index (χ1) is 24.3. The van der Waals surface area contributed by atoms with Crippen LogP contribution in [0.5, 0.6) is 0 Å². The number of benzene rings is 7. The van der Waals surface area contributed by atoms with Crippen LogP contribution in [0.3, 0.4) is 0 Å². The number of anilines is 3. The molecule has 0 saturated carbocycles. The van der Waals surface area contributed by atoms with Crippen molar-refractivity contribution >= 4 is 72.0 Å². The number of hydrogen-bond donors (Lipinski definition) is 0. The Bertz CT molecular complexity index is 2970. The molecular weight excluding hydrogens is 604 g/mol. The maximum absolute atomic E-state index is 6.29. The van der Waals surface area contributed by atoms with E-state index in [4.69, 9.17) is 23.8 Å². The lowest BCUT2D eigenvalue weighted by Gasteiger charge is -2.32. The van der Waals surface area contributed by atoms with Gasteiger partial charge in [-0.3, -0.25) is 4.90 Å². The molecule has 0 aliphatic carbocycles. The van der Waals surface area contributed by atoms with Crippen molar-refractivity contribution in [3.05, 3.63) is 146 Å². The first-order valence-electron chi connectivity index (χ1n) is 16.3. The third-order valence-electron chi connectivity index (χ3n) is 9.65. The molecule has 6 nitrogen and oxygen atoms in total. The average Bonchev–Trinajstić information content (AvgIpc) is 3.72. The SMILES string of the molecule is c1ccc2c(c1)-c1cccc3cccc(c13)N2c1nc(-c2ccc3c(c2)oc2ccccc23)nc(-c2ccc3oc4ccccc4c3c2)n1. The van der Waals surface area contributed by atoms with E-state index in [2.05, 4.69) is 95.9 Å². The zero-order valence-electron chi connectivity index (χ0n) is 26.0. The van der Waals surface area contributed by atoms with Gasteiger partial charge in [-0.25, -0.2) is 4.98 Å². The minimum absolute atomic E-state index is 0.538. The molecule has 11 rings (SSSR count). The van der Waals surface area contributed by atoms with Gasteiger partial charge in [0.15, 0.2) is 11.6 Å². The standard InChI is InChI=1S/C43H24N4O2/c1-4-15-34-28(11-1)32-14-7-9-25-10-8-16-35(40(25)32)47(34)43-45-41(26-20-22-38-33(23-26)30-13-3-6-18-37(30)48-38)44-42(46-43)27-19-21-31-29-12-2-5-17-36(29)49-39(31)24-27/h1-24H. The molecule has 0 unspecified atom stereocenters. The second-order valence-corrected chi connectivity index (χ2v) is 12.4. The summed E-state index contributed by atoms with van der Waals surface area (Å²) in [4.78, 5) is 17.7. The number of aromatic nitrogens is 3. The Kier molecular flexibility index (Phi) is 5.29. The number of nitrogens with zero attached hydrogens (tertiary/aromatic N) is 4. The number of para-hydroxylation sites is 3. The van der Waals surface area contributed by atoms with Gasteiger partial charge in [-0.05, 0) is 65.5 Å². The van der Waals surface area contributed by atoms with Gasteiger partial charge >= 0.3 is 0 Å². The molecule has 7 aromatic carbocycles. The van der Waals surface area contributed by atoms with E-state index in [1.807, 2.05) is 54.6 Å². The second-order valence-electron chi connectivity index (χ2n) is 12.4. The van der Waals surface area contributed by atoms with Crippen molar-refractivity contribution in [3.63, 3.8) is 0 Å². The summed E-state index contributed by atoms with van der Waals surface area (Å²) < 4.78 is 12.4. The van der Waals surface area contributed by atoms with Crippen LogP contribution >= 0.6 is 0 Å². The van der Waals surface area contributed by atoms with Gasteiger partial charge in [0.25, 0.3) is 0 Å². The van der Waals surface area contributed by atoms with Crippen molar-refractivity contribution in [2.75, 3.05) is 4.90 Å². The fourth-order valence-electron chi connectivity index (χ4n) is 7.43. The maximum Gasteiger partial charge on any atom is 0.238 e. The summed E-state index contributed by atoms with van der Waals surface area (Å²) in [6, 6.07) is 49.9. The second kappa shape index (κ2) is 9.86. The molecule has 4 heterocycles. The van der Waals surface area contributed by atoms with Crippen LogP contribution in [-0.4, -0.2) is 15.0 Å². The van der Waals surface area contributed by atoms with Crippen molar-refractivity contribution in [2.24, 2.45) is 0 Å². The van der Waals surface area contributed by atoms with Gasteiger partial charge < -0.3 is 8.83 Å². The Balaban J connectivity index is 1.18. The first kappa shape index (κ1) is 26.3. The summed E-state index contributed by atoms with van der Waals surface area (Å²) in [6.07, 6.45) is 0. The van der Waals surface area contributed by atoms with E-state index in [0.29, 0.717) is 17.6 Å². The van der Waals surface area contributed by atoms with Crippen molar-refractivity contribution in [2.45, 2.75) is 0 Å². The lowest BCUT2D eigenvalue weighted by Crippen LogP contribution is -2.18. The van der Waals surface area contributed by atoms with Crippen LogP contribution in [0.4, 0.5) is 17.3 Å². The van der Waals surface area contributed by atoms with Gasteiger partial charge in [-0.15, -0.1) is 0 Å². The molecule has 1 aliphatic rings. The monoisotopic (exact) mass is 628 g/mol. The predicted molar refractivity (Wildman–Crippen MR) is 196 cm³/mol. The van der Waals surface area contributed by atoms with E-state index in [-0.39, 0.29) is 0 Å². The summed E-state index contributed by atoms with van der Waals surface area (Å²) in [5.74, 6) is 1.67. The minimum atomic E-state index is 0.538. The molecule has 228 valence electrons. The quantitative estimate of drug-likeness (QED) is 0.194. The molecule has 0 N–H and O–H groups in total. The predicted octanol–water partition coefficient (Wildman–Crippen LogP) is 11.6. The van der Waals surface area contributed by atoms with E-state index < -0.39 is 0 Å². The van der Waals surface area contributed by atoms with Crippen molar-refractivity contribution in [3.8, 4) is 33.9 Å². The van der Waals surface area contributed by atoms with Crippen LogP contribution in [0.2, 0.25) is 0 Å². The maximum atomic E-state index is 6.29. The van der Waals surface area contributed by atoms with Crippen LogP contribution in [0, 0.1) is 0 Å².